The average Bonchev–Trinajstić information content (AvgIpc) is 2.43. The molecule has 20 heavy (non-hydrogen) atoms. The van der Waals surface area contributed by atoms with Gasteiger partial charge in [-0.2, -0.15) is 0 Å². The number of hydrogen-bond donors (Lipinski definition) is 2. The number of nitrogens with two attached hydrogens (primary N) is 1. The molecular weight excluding hydrogens is 304 g/mol. The Morgan fingerprint density at radius 1 is 1.45 bits per heavy atom. The van der Waals surface area contributed by atoms with E-state index in [9.17, 15) is 9.50 Å². The number of rotatable bonds is 3. The highest BCUT2D eigenvalue weighted by atomic mass is 35.5. The molecule has 2 atom stereocenters. The highest BCUT2D eigenvalue weighted by molar-refractivity contribution is 6.35. The van der Waals surface area contributed by atoms with Gasteiger partial charge < -0.3 is 15.6 Å². The number of benzene rings is 1. The molecule has 1 aliphatic rings. The molecule has 6 heteroatoms. The van der Waals surface area contributed by atoms with Crippen LogP contribution in [0.25, 0.3) is 0 Å². The van der Waals surface area contributed by atoms with E-state index in [1.165, 1.54) is 12.1 Å². The van der Waals surface area contributed by atoms with Crippen molar-refractivity contribution in [1.29, 1.82) is 0 Å². The summed E-state index contributed by atoms with van der Waals surface area (Å²) in [6.45, 7) is 2.78. The summed E-state index contributed by atoms with van der Waals surface area (Å²) in [5, 5.41) is 11.2. The zero-order chi connectivity index (χ0) is 15.0. The molecule has 0 aliphatic carbocycles. The topological polar surface area (TPSA) is 55.5 Å². The molecule has 0 radical (unpaired) electrons. The maximum absolute atomic E-state index is 13.7. The molecule has 0 bridgehead atoms. The second-order valence-corrected chi connectivity index (χ2v) is 6.27. The lowest BCUT2D eigenvalue weighted by Crippen LogP contribution is -2.53. The van der Waals surface area contributed by atoms with Gasteiger partial charge in [0, 0.05) is 29.2 Å². The molecule has 1 saturated heterocycles. The Morgan fingerprint density at radius 3 is 2.70 bits per heavy atom. The predicted octanol–water partition coefficient (Wildman–Crippen LogP) is 3.10. The fourth-order valence-corrected chi connectivity index (χ4v) is 3.34. The first kappa shape index (κ1) is 16.0. The summed E-state index contributed by atoms with van der Waals surface area (Å²) >= 11 is 11.8. The van der Waals surface area contributed by atoms with Crippen LogP contribution in [0.2, 0.25) is 10.0 Å². The SMILES string of the molecule is CC(O)(c1cc(F)c(Cl)cc1Cl)C1(CN)CCCOC1. The summed E-state index contributed by atoms with van der Waals surface area (Å²) in [5.74, 6) is -0.616. The molecule has 2 rings (SSSR count). The number of halogens is 3. The zero-order valence-electron chi connectivity index (χ0n) is 11.3. The molecule has 112 valence electrons. The van der Waals surface area contributed by atoms with Crippen LogP contribution in [0.5, 0.6) is 0 Å². The van der Waals surface area contributed by atoms with Crippen LogP contribution < -0.4 is 5.73 Å². The molecular formula is C14H18Cl2FNO2. The zero-order valence-corrected chi connectivity index (χ0v) is 12.8. The van der Waals surface area contributed by atoms with Gasteiger partial charge >= 0.3 is 0 Å². The van der Waals surface area contributed by atoms with Gasteiger partial charge in [0.25, 0.3) is 0 Å². The van der Waals surface area contributed by atoms with Gasteiger partial charge in [-0.1, -0.05) is 23.2 Å². The van der Waals surface area contributed by atoms with Crippen LogP contribution in [0.15, 0.2) is 12.1 Å². The number of ether oxygens (including phenoxy) is 1. The van der Waals surface area contributed by atoms with E-state index >= 15 is 0 Å². The first-order valence-electron chi connectivity index (χ1n) is 6.49. The molecule has 2 unspecified atom stereocenters. The van der Waals surface area contributed by atoms with Crippen LogP contribution in [0, 0.1) is 11.2 Å². The molecule has 3 nitrogen and oxygen atoms in total. The van der Waals surface area contributed by atoms with Crippen molar-refractivity contribution in [2.24, 2.45) is 11.1 Å². The standard InChI is InChI=1S/C14H18Cl2FNO2/c1-13(19,14(7-18)3-2-4-20-8-14)9-5-12(17)11(16)6-10(9)15/h5-6,19H,2-4,7-8,18H2,1H3. The van der Waals surface area contributed by atoms with Gasteiger partial charge in [0.05, 0.1) is 17.2 Å². The summed E-state index contributed by atoms with van der Waals surface area (Å²) in [5.41, 5.74) is 4.08. The van der Waals surface area contributed by atoms with Crippen LogP contribution in [-0.2, 0) is 10.3 Å². The van der Waals surface area contributed by atoms with Crippen molar-refractivity contribution in [1.82, 2.24) is 0 Å². The molecule has 1 aromatic carbocycles. The van der Waals surface area contributed by atoms with Gasteiger partial charge in [-0.3, -0.25) is 0 Å². The third-order valence-electron chi connectivity index (χ3n) is 4.28. The Labute approximate surface area is 127 Å². The summed E-state index contributed by atoms with van der Waals surface area (Å²) < 4.78 is 19.2. The van der Waals surface area contributed by atoms with Crippen molar-refractivity contribution >= 4 is 23.2 Å². The van der Waals surface area contributed by atoms with Crippen LogP contribution in [0.3, 0.4) is 0 Å². The van der Waals surface area contributed by atoms with E-state index in [0.717, 1.165) is 6.42 Å². The first-order chi connectivity index (χ1) is 9.34. The second kappa shape index (κ2) is 5.78. The number of hydrogen-bond acceptors (Lipinski definition) is 3. The third kappa shape index (κ3) is 2.55. The minimum Gasteiger partial charge on any atom is -0.385 e. The van der Waals surface area contributed by atoms with Gasteiger partial charge in [-0.25, -0.2) is 4.39 Å². The maximum Gasteiger partial charge on any atom is 0.142 e. The number of aliphatic hydroxyl groups is 1. The lowest BCUT2D eigenvalue weighted by molar-refractivity contribution is -0.139. The van der Waals surface area contributed by atoms with E-state index in [-0.39, 0.29) is 22.2 Å². The van der Waals surface area contributed by atoms with Crippen molar-refractivity contribution in [3.05, 3.63) is 33.6 Å². The molecule has 1 aliphatic heterocycles. The summed E-state index contributed by atoms with van der Waals surface area (Å²) in [6.07, 6.45) is 1.48. The lowest BCUT2D eigenvalue weighted by atomic mass is 9.66. The largest absolute Gasteiger partial charge is 0.385 e. The van der Waals surface area contributed by atoms with E-state index in [0.29, 0.717) is 19.6 Å². The minimum absolute atomic E-state index is 0.0729. The molecule has 0 aromatic heterocycles. The van der Waals surface area contributed by atoms with Crippen LogP contribution in [-0.4, -0.2) is 24.9 Å². The fourth-order valence-electron chi connectivity index (χ4n) is 2.78. The Balaban J connectivity index is 2.50. The Morgan fingerprint density at radius 2 is 2.15 bits per heavy atom. The van der Waals surface area contributed by atoms with Crippen molar-refractivity contribution in [2.75, 3.05) is 19.8 Å². The van der Waals surface area contributed by atoms with E-state index in [2.05, 4.69) is 0 Å². The Kier molecular flexibility index (Phi) is 4.62. The fraction of sp³-hybridized carbons (Fsp3) is 0.571. The van der Waals surface area contributed by atoms with Crippen LogP contribution in [0.4, 0.5) is 4.39 Å². The third-order valence-corrected chi connectivity index (χ3v) is 4.88. The average molecular weight is 322 g/mol. The van der Waals surface area contributed by atoms with Gasteiger partial charge in [-0.15, -0.1) is 0 Å². The molecule has 1 fully saturated rings. The van der Waals surface area contributed by atoms with E-state index in [1.807, 2.05) is 0 Å². The molecule has 0 spiro atoms. The van der Waals surface area contributed by atoms with Crippen molar-refractivity contribution < 1.29 is 14.2 Å². The molecule has 1 aromatic rings. The Hall–Kier alpha value is -0.390. The highest BCUT2D eigenvalue weighted by Gasteiger charge is 2.49. The van der Waals surface area contributed by atoms with E-state index in [1.54, 1.807) is 6.92 Å². The van der Waals surface area contributed by atoms with Gasteiger partial charge in [0.2, 0.25) is 0 Å². The second-order valence-electron chi connectivity index (χ2n) is 5.46. The Bertz CT molecular complexity index is 502. The van der Waals surface area contributed by atoms with E-state index in [4.69, 9.17) is 33.7 Å². The van der Waals surface area contributed by atoms with Gasteiger partial charge in [-0.05, 0) is 31.9 Å². The summed E-state index contributed by atoms with van der Waals surface area (Å²) in [7, 11) is 0. The normalized spacial score (nSPS) is 26.3. The van der Waals surface area contributed by atoms with Gasteiger partial charge in [0.15, 0.2) is 0 Å². The molecule has 0 amide bonds. The predicted molar refractivity (Wildman–Crippen MR) is 77.5 cm³/mol. The summed E-state index contributed by atoms with van der Waals surface area (Å²) in [4.78, 5) is 0. The van der Waals surface area contributed by atoms with Crippen molar-refractivity contribution in [3.63, 3.8) is 0 Å². The quantitative estimate of drug-likeness (QED) is 0.841. The molecule has 1 heterocycles. The van der Waals surface area contributed by atoms with Crippen LogP contribution in [0.1, 0.15) is 25.3 Å². The van der Waals surface area contributed by atoms with Crippen LogP contribution >= 0.6 is 23.2 Å². The minimum atomic E-state index is -1.40. The molecule has 0 saturated carbocycles. The first-order valence-corrected chi connectivity index (χ1v) is 7.25. The smallest absolute Gasteiger partial charge is 0.142 e. The molecule has 3 N–H and O–H groups in total. The summed E-state index contributed by atoms with van der Waals surface area (Å²) in [6, 6.07) is 2.48. The highest BCUT2D eigenvalue weighted by Crippen LogP contribution is 2.47. The van der Waals surface area contributed by atoms with Crippen molar-refractivity contribution in [2.45, 2.75) is 25.4 Å². The van der Waals surface area contributed by atoms with Crippen molar-refractivity contribution in [3.8, 4) is 0 Å². The van der Waals surface area contributed by atoms with Gasteiger partial charge in [0.1, 0.15) is 5.82 Å². The lowest BCUT2D eigenvalue weighted by Gasteiger charge is -2.47. The van der Waals surface area contributed by atoms with E-state index < -0.39 is 16.8 Å². The monoisotopic (exact) mass is 321 g/mol. The maximum atomic E-state index is 13.7.